The standard InChI is InChI=1S/C16H14N2O3S/c1-7-4-5-10(22-7)6-11-14-12(16(21)18-15(11)20)8(2)13(17-14)9(3)19/h4-6,21H,1-3H3,(H,18,20). The Morgan fingerprint density at radius 3 is 2.68 bits per heavy atom. The van der Waals surface area contributed by atoms with Gasteiger partial charge in [-0.3, -0.25) is 14.6 Å². The zero-order valence-corrected chi connectivity index (χ0v) is 13.2. The Balaban J connectivity index is 2.38. The molecule has 0 saturated carbocycles. The number of fused-ring (bicyclic) bond motifs is 1. The molecular weight excluding hydrogens is 300 g/mol. The van der Waals surface area contributed by atoms with E-state index < -0.39 is 5.56 Å². The summed E-state index contributed by atoms with van der Waals surface area (Å²) in [5, 5.41) is 10.7. The fourth-order valence-electron chi connectivity index (χ4n) is 2.53. The van der Waals surface area contributed by atoms with E-state index in [1.165, 1.54) is 6.92 Å². The SMILES string of the molecule is CC(=O)C1=C(C)c2c(O)[nH]c(=O)c(=Cc3ccc(C)s3)c2=N1. The van der Waals surface area contributed by atoms with Gasteiger partial charge in [0.05, 0.1) is 16.1 Å². The first kappa shape index (κ1) is 14.5. The van der Waals surface area contributed by atoms with Crippen LogP contribution in [0.1, 0.15) is 29.2 Å². The number of H-pyrrole nitrogens is 1. The molecule has 0 amide bonds. The molecular formula is C16H14N2O3S. The second-order valence-corrected chi connectivity index (χ2v) is 6.49. The summed E-state index contributed by atoms with van der Waals surface area (Å²) in [7, 11) is 0. The number of ketones is 1. The molecule has 2 aromatic heterocycles. The van der Waals surface area contributed by atoms with Crippen molar-refractivity contribution < 1.29 is 9.90 Å². The van der Waals surface area contributed by atoms with Gasteiger partial charge < -0.3 is 5.11 Å². The molecule has 2 N–H and O–H groups in total. The molecule has 0 fully saturated rings. The number of hydrogen-bond acceptors (Lipinski definition) is 5. The lowest BCUT2D eigenvalue weighted by atomic mass is 10.1. The molecule has 0 atom stereocenters. The maximum absolute atomic E-state index is 12.2. The molecule has 1 aliphatic heterocycles. The highest BCUT2D eigenvalue weighted by Gasteiger charge is 2.22. The van der Waals surface area contributed by atoms with Crippen molar-refractivity contribution in [2.45, 2.75) is 20.8 Å². The topological polar surface area (TPSA) is 82.5 Å². The van der Waals surface area contributed by atoms with Crippen molar-refractivity contribution in [1.82, 2.24) is 4.98 Å². The maximum atomic E-state index is 12.2. The van der Waals surface area contributed by atoms with Gasteiger partial charge in [0.1, 0.15) is 5.70 Å². The maximum Gasteiger partial charge on any atom is 0.260 e. The van der Waals surface area contributed by atoms with Gasteiger partial charge in [0, 0.05) is 16.7 Å². The van der Waals surface area contributed by atoms with Gasteiger partial charge in [-0.25, -0.2) is 4.99 Å². The molecule has 1 aliphatic rings. The second-order valence-electron chi connectivity index (χ2n) is 5.17. The third-order valence-electron chi connectivity index (χ3n) is 3.54. The van der Waals surface area contributed by atoms with Gasteiger partial charge in [-0.05, 0) is 37.6 Å². The molecule has 22 heavy (non-hydrogen) atoms. The fraction of sp³-hybridized carbons (Fsp3) is 0.188. The molecule has 3 heterocycles. The third kappa shape index (κ3) is 2.21. The molecule has 0 saturated heterocycles. The van der Waals surface area contributed by atoms with Crippen molar-refractivity contribution in [1.29, 1.82) is 0 Å². The number of Topliss-reactive ketones (excluding diaryl/α,β-unsaturated/α-hetero) is 1. The van der Waals surface area contributed by atoms with E-state index >= 15 is 0 Å². The smallest absolute Gasteiger partial charge is 0.260 e. The number of hydrogen-bond donors (Lipinski definition) is 2. The van der Waals surface area contributed by atoms with E-state index in [1.807, 2.05) is 19.1 Å². The first-order valence-corrected chi connectivity index (χ1v) is 7.54. The van der Waals surface area contributed by atoms with Crippen LogP contribution in [0.4, 0.5) is 0 Å². The van der Waals surface area contributed by atoms with Crippen LogP contribution in [0.5, 0.6) is 5.88 Å². The van der Waals surface area contributed by atoms with E-state index in [0.717, 1.165) is 9.75 Å². The Labute approximate surface area is 130 Å². The molecule has 6 heteroatoms. The Hall–Kier alpha value is -2.47. The summed E-state index contributed by atoms with van der Waals surface area (Å²) >= 11 is 1.56. The summed E-state index contributed by atoms with van der Waals surface area (Å²) in [5.41, 5.74) is 0.850. The van der Waals surface area contributed by atoms with Crippen molar-refractivity contribution in [2.75, 3.05) is 0 Å². The lowest BCUT2D eigenvalue weighted by Crippen LogP contribution is -2.41. The molecule has 0 bridgehead atoms. The molecule has 0 unspecified atom stereocenters. The number of carbonyl (C=O) groups is 1. The number of nitrogens with zero attached hydrogens (tertiary/aromatic N) is 1. The minimum Gasteiger partial charge on any atom is -0.494 e. The van der Waals surface area contributed by atoms with E-state index in [-0.39, 0.29) is 17.4 Å². The van der Waals surface area contributed by atoms with E-state index in [4.69, 9.17) is 0 Å². The highest BCUT2D eigenvalue weighted by atomic mass is 32.1. The van der Waals surface area contributed by atoms with Crippen molar-refractivity contribution in [3.63, 3.8) is 0 Å². The number of nitrogens with one attached hydrogen (secondary N) is 1. The summed E-state index contributed by atoms with van der Waals surface area (Å²) in [5.74, 6) is -0.449. The van der Waals surface area contributed by atoms with E-state index in [1.54, 1.807) is 24.3 Å². The molecule has 0 spiro atoms. The molecule has 0 radical (unpaired) electrons. The van der Waals surface area contributed by atoms with Crippen LogP contribution in [0.15, 0.2) is 27.6 Å². The number of aromatic hydroxyl groups is 1. The molecule has 0 aromatic carbocycles. The van der Waals surface area contributed by atoms with Crippen molar-refractivity contribution in [3.05, 3.63) is 54.1 Å². The number of thiophene rings is 1. The van der Waals surface area contributed by atoms with Gasteiger partial charge in [0.2, 0.25) is 5.88 Å². The lowest BCUT2D eigenvalue weighted by molar-refractivity contribution is -0.113. The van der Waals surface area contributed by atoms with Crippen LogP contribution in [0.25, 0.3) is 11.6 Å². The third-order valence-corrected chi connectivity index (χ3v) is 4.49. The predicted molar refractivity (Wildman–Crippen MR) is 85.4 cm³/mol. The number of aromatic nitrogens is 1. The monoisotopic (exact) mass is 314 g/mol. The van der Waals surface area contributed by atoms with E-state index in [9.17, 15) is 14.7 Å². The zero-order chi connectivity index (χ0) is 16.0. The Kier molecular flexibility index (Phi) is 3.33. The molecule has 112 valence electrons. The van der Waals surface area contributed by atoms with Gasteiger partial charge in [-0.15, -0.1) is 11.3 Å². The fourth-order valence-corrected chi connectivity index (χ4v) is 3.35. The number of aromatic amines is 1. The van der Waals surface area contributed by atoms with Crippen LogP contribution in [-0.2, 0) is 4.79 Å². The van der Waals surface area contributed by atoms with Crippen molar-refractivity contribution in [3.8, 4) is 5.88 Å². The van der Waals surface area contributed by atoms with Crippen LogP contribution < -0.4 is 16.1 Å². The van der Waals surface area contributed by atoms with Gasteiger partial charge in [0.25, 0.3) is 5.56 Å². The Morgan fingerprint density at radius 1 is 1.36 bits per heavy atom. The normalized spacial score (nSPS) is 14.2. The first-order valence-electron chi connectivity index (χ1n) is 6.73. The van der Waals surface area contributed by atoms with Crippen molar-refractivity contribution >= 4 is 28.8 Å². The summed E-state index contributed by atoms with van der Waals surface area (Å²) in [6.07, 6.45) is 1.73. The van der Waals surface area contributed by atoms with Crippen molar-refractivity contribution in [2.24, 2.45) is 4.99 Å². The first-order chi connectivity index (χ1) is 10.4. The largest absolute Gasteiger partial charge is 0.494 e. The highest BCUT2D eigenvalue weighted by molar-refractivity contribution is 7.12. The van der Waals surface area contributed by atoms with Gasteiger partial charge in [0.15, 0.2) is 5.78 Å². The van der Waals surface area contributed by atoms with Crippen LogP contribution in [0, 0.1) is 6.92 Å². The molecule has 2 aromatic rings. The highest BCUT2D eigenvalue weighted by Crippen LogP contribution is 2.25. The van der Waals surface area contributed by atoms with Gasteiger partial charge >= 0.3 is 0 Å². The number of aryl methyl sites for hydroxylation is 1. The zero-order valence-electron chi connectivity index (χ0n) is 12.4. The number of rotatable bonds is 2. The quantitative estimate of drug-likeness (QED) is 0.874. The number of carbonyl (C=O) groups excluding carboxylic acids is 1. The van der Waals surface area contributed by atoms with Crippen LogP contribution in [0.2, 0.25) is 0 Å². The molecule has 3 rings (SSSR count). The van der Waals surface area contributed by atoms with Crippen LogP contribution in [-0.4, -0.2) is 15.9 Å². The Bertz CT molecular complexity index is 1010. The summed E-state index contributed by atoms with van der Waals surface area (Å²) in [4.78, 5) is 32.6. The van der Waals surface area contributed by atoms with E-state index in [0.29, 0.717) is 21.7 Å². The summed E-state index contributed by atoms with van der Waals surface area (Å²) in [6, 6.07) is 3.88. The molecule has 0 aliphatic carbocycles. The number of pyridine rings is 1. The van der Waals surface area contributed by atoms with Gasteiger partial charge in [-0.1, -0.05) is 0 Å². The minimum atomic E-state index is -0.427. The summed E-state index contributed by atoms with van der Waals surface area (Å²) in [6.45, 7) is 5.11. The average Bonchev–Trinajstić information content (AvgIpc) is 2.98. The minimum absolute atomic E-state index is 0.196. The lowest BCUT2D eigenvalue weighted by Gasteiger charge is -2.01. The second kappa shape index (κ2) is 5.06. The number of allylic oxidation sites excluding steroid dienone is 2. The van der Waals surface area contributed by atoms with Gasteiger partial charge in [-0.2, -0.15) is 0 Å². The van der Waals surface area contributed by atoms with Crippen LogP contribution >= 0.6 is 11.3 Å². The summed E-state index contributed by atoms with van der Waals surface area (Å²) < 4.78 is 0. The predicted octanol–water partition coefficient (Wildman–Crippen LogP) is 1.23. The average molecular weight is 314 g/mol. The molecule has 5 nitrogen and oxygen atoms in total. The Morgan fingerprint density at radius 2 is 2.09 bits per heavy atom. The van der Waals surface area contributed by atoms with Crippen LogP contribution in [0.3, 0.4) is 0 Å². The van der Waals surface area contributed by atoms with E-state index in [2.05, 4.69) is 9.98 Å².